The maximum atomic E-state index is 12.2. The fraction of sp³-hybridized carbons (Fsp3) is 0.385. The topological polar surface area (TPSA) is 93.8 Å². The number of nitrogens with zero attached hydrogens (tertiary/aromatic N) is 2. The third-order valence-corrected chi connectivity index (χ3v) is 4.42. The molecule has 1 aromatic rings. The summed E-state index contributed by atoms with van der Waals surface area (Å²) < 4.78 is 27.0. The molecular weight excluding hydrogens is 262 g/mol. The van der Waals surface area contributed by atoms with Crippen LogP contribution in [-0.4, -0.2) is 14.5 Å². The molecule has 1 unspecified atom stereocenters. The Bertz CT molecular complexity index is 639. The van der Waals surface area contributed by atoms with E-state index in [1.807, 2.05) is 19.1 Å². The summed E-state index contributed by atoms with van der Waals surface area (Å²) >= 11 is 0. The van der Waals surface area contributed by atoms with Gasteiger partial charge in [-0.3, -0.25) is 0 Å². The molecule has 1 N–H and O–H groups in total. The molecule has 6 heteroatoms. The molecule has 1 rings (SSSR count). The molecule has 0 spiro atoms. The van der Waals surface area contributed by atoms with Gasteiger partial charge in [0.1, 0.15) is 0 Å². The number of nitrogens with one attached hydrogen (secondary N) is 1. The normalized spacial score (nSPS) is 12.4. The van der Waals surface area contributed by atoms with Crippen molar-refractivity contribution in [1.29, 1.82) is 10.5 Å². The highest BCUT2D eigenvalue weighted by Crippen LogP contribution is 2.17. The van der Waals surface area contributed by atoms with Crippen molar-refractivity contribution in [3.63, 3.8) is 0 Å². The van der Waals surface area contributed by atoms with Crippen LogP contribution in [0.15, 0.2) is 23.1 Å². The molecule has 0 heterocycles. The van der Waals surface area contributed by atoms with Crippen LogP contribution in [0.25, 0.3) is 0 Å². The molecule has 1 atom stereocenters. The molecule has 0 amide bonds. The molecule has 1 aromatic carbocycles. The lowest BCUT2D eigenvalue weighted by Crippen LogP contribution is -2.34. The van der Waals surface area contributed by atoms with Crippen LogP contribution in [-0.2, 0) is 10.0 Å². The van der Waals surface area contributed by atoms with E-state index in [0.717, 1.165) is 0 Å². The van der Waals surface area contributed by atoms with Gasteiger partial charge in [0, 0.05) is 6.04 Å². The molecule has 19 heavy (non-hydrogen) atoms. The number of aryl methyl sites for hydroxylation is 1. The summed E-state index contributed by atoms with van der Waals surface area (Å²) in [5.74, 6) is 0. The molecule has 0 bridgehead atoms. The van der Waals surface area contributed by atoms with Gasteiger partial charge in [-0.15, -0.1) is 0 Å². The number of hydrogen-bond acceptors (Lipinski definition) is 4. The summed E-state index contributed by atoms with van der Waals surface area (Å²) in [4.78, 5) is 0.0861. The zero-order valence-corrected chi connectivity index (χ0v) is 11.7. The average molecular weight is 277 g/mol. The van der Waals surface area contributed by atoms with Crippen LogP contribution in [0.5, 0.6) is 0 Å². The molecule has 0 aliphatic carbocycles. The molecule has 5 nitrogen and oxygen atoms in total. The van der Waals surface area contributed by atoms with E-state index in [1.54, 1.807) is 19.1 Å². The first kappa shape index (κ1) is 15.2. The lowest BCUT2D eigenvalue weighted by atomic mass is 10.2. The molecule has 0 radical (unpaired) electrons. The van der Waals surface area contributed by atoms with Crippen LogP contribution in [0.1, 0.15) is 30.9 Å². The Balaban J connectivity index is 3.14. The third-order valence-electron chi connectivity index (χ3n) is 2.76. The molecular formula is C13H15N3O2S. The minimum Gasteiger partial charge on any atom is -0.207 e. The number of hydrogen-bond donors (Lipinski definition) is 1. The fourth-order valence-corrected chi connectivity index (χ4v) is 3.21. The first-order valence-electron chi connectivity index (χ1n) is 5.84. The van der Waals surface area contributed by atoms with E-state index in [2.05, 4.69) is 4.72 Å². The van der Waals surface area contributed by atoms with Gasteiger partial charge in [-0.2, -0.15) is 10.5 Å². The van der Waals surface area contributed by atoms with Crippen molar-refractivity contribution in [2.24, 2.45) is 0 Å². The van der Waals surface area contributed by atoms with E-state index in [1.165, 1.54) is 6.07 Å². The van der Waals surface area contributed by atoms with E-state index < -0.39 is 16.1 Å². The van der Waals surface area contributed by atoms with E-state index >= 15 is 0 Å². The van der Waals surface area contributed by atoms with Gasteiger partial charge in [-0.05, 0) is 31.0 Å². The van der Waals surface area contributed by atoms with Gasteiger partial charge >= 0.3 is 0 Å². The molecule has 0 aliphatic heterocycles. The molecule has 100 valence electrons. The summed E-state index contributed by atoms with van der Waals surface area (Å²) in [6, 6.07) is 7.96. The summed E-state index contributed by atoms with van der Waals surface area (Å²) in [6.07, 6.45) is 0.649. The van der Waals surface area contributed by atoms with Gasteiger partial charge < -0.3 is 0 Å². The predicted octanol–water partition coefficient (Wildman–Crippen LogP) is 1.84. The highest BCUT2D eigenvalue weighted by Gasteiger charge is 2.21. The van der Waals surface area contributed by atoms with E-state index in [0.29, 0.717) is 17.5 Å². The second-order valence-corrected chi connectivity index (χ2v) is 5.86. The zero-order chi connectivity index (χ0) is 14.5. The minimum absolute atomic E-state index is 0.0861. The average Bonchev–Trinajstić information content (AvgIpc) is 2.38. The molecule has 0 aliphatic rings. The van der Waals surface area contributed by atoms with Crippen molar-refractivity contribution in [2.45, 2.75) is 37.6 Å². The summed E-state index contributed by atoms with van der Waals surface area (Å²) in [6.45, 7) is 3.48. The van der Waals surface area contributed by atoms with Gasteiger partial charge in [-0.1, -0.05) is 13.0 Å². The number of benzene rings is 1. The van der Waals surface area contributed by atoms with Crippen molar-refractivity contribution in [3.8, 4) is 12.1 Å². The van der Waals surface area contributed by atoms with Gasteiger partial charge in [0.05, 0.1) is 29.0 Å². The Morgan fingerprint density at radius 3 is 2.58 bits per heavy atom. The minimum atomic E-state index is -3.71. The highest BCUT2D eigenvalue weighted by molar-refractivity contribution is 7.89. The summed E-state index contributed by atoms with van der Waals surface area (Å²) in [5, 5.41) is 17.5. The van der Waals surface area contributed by atoms with Crippen molar-refractivity contribution < 1.29 is 8.42 Å². The van der Waals surface area contributed by atoms with Crippen molar-refractivity contribution >= 4 is 10.0 Å². The van der Waals surface area contributed by atoms with Gasteiger partial charge in [-0.25, -0.2) is 13.1 Å². The SMILES string of the molecule is CCC(CC#N)NS(=O)(=O)c1cc(C#N)ccc1C. The standard InChI is InChI=1S/C13H15N3O2S/c1-3-12(6-7-14)16-19(17,18)13-8-11(9-15)5-4-10(13)2/h4-5,8,12,16H,3,6H2,1-2H3. The molecule has 0 saturated heterocycles. The molecule has 0 saturated carbocycles. The van der Waals surface area contributed by atoms with Crippen molar-refractivity contribution in [3.05, 3.63) is 29.3 Å². The van der Waals surface area contributed by atoms with E-state index in [9.17, 15) is 8.42 Å². The number of nitriles is 2. The highest BCUT2D eigenvalue weighted by atomic mass is 32.2. The van der Waals surface area contributed by atoms with Crippen LogP contribution in [0, 0.1) is 29.6 Å². The van der Waals surface area contributed by atoms with Gasteiger partial charge in [0.2, 0.25) is 10.0 Å². The second kappa shape index (κ2) is 6.33. The number of sulfonamides is 1. The first-order valence-corrected chi connectivity index (χ1v) is 7.33. The van der Waals surface area contributed by atoms with Gasteiger partial charge in [0.25, 0.3) is 0 Å². The van der Waals surface area contributed by atoms with Crippen LogP contribution < -0.4 is 4.72 Å². The Hall–Kier alpha value is -1.89. The van der Waals surface area contributed by atoms with E-state index in [4.69, 9.17) is 10.5 Å². The van der Waals surface area contributed by atoms with Crippen molar-refractivity contribution in [2.75, 3.05) is 0 Å². The summed E-state index contributed by atoms with van der Waals surface area (Å²) in [5.41, 5.74) is 0.859. The summed E-state index contributed by atoms with van der Waals surface area (Å²) in [7, 11) is -3.71. The maximum absolute atomic E-state index is 12.2. The maximum Gasteiger partial charge on any atom is 0.241 e. The Labute approximate surface area is 113 Å². The van der Waals surface area contributed by atoms with Crippen molar-refractivity contribution in [1.82, 2.24) is 4.72 Å². The largest absolute Gasteiger partial charge is 0.241 e. The van der Waals surface area contributed by atoms with Crippen LogP contribution in [0.3, 0.4) is 0 Å². The van der Waals surface area contributed by atoms with Crippen LogP contribution >= 0.6 is 0 Å². The third kappa shape index (κ3) is 3.78. The Kier molecular flexibility index (Phi) is 5.05. The fourth-order valence-electron chi connectivity index (χ4n) is 1.62. The smallest absolute Gasteiger partial charge is 0.207 e. The predicted molar refractivity (Wildman–Crippen MR) is 70.5 cm³/mol. The Morgan fingerprint density at radius 1 is 1.37 bits per heavy atom. The zero-order valence-electron chi connectivity index (χ0n) is 10.8. The first-order chi connectivity index (χ1) is 8.94. The molecule has 0 aromatic heterocycles. The second-order valence-electron chi connectivity index (χ2n) is 4.18. The lowest BCUT2D eigenvalue weighted by molar-refractivity contribution is 0.542. The van der Waals surface area contributed by atoms with Crippen LogP contribution in [0.4, 0.5) is 0 Å². The van der Waals surface area contributed by atoms with E-state index in [-0.39, 0.29) is 11.3 Å². The quantitative estimate of drug-likeness (QED) is 0.888. The molecule has 0 fully saturated rings. The number of rotatable bonds is 5. The van der Waals surface area contributed by atoms with Crippen LogP contribution in [0.2, 0.25) is 0 Å². The monoisotopic (exact) mass is 277 g/mol. The Morgan fingerprint density at radius 2 is 2.05 bits per heavy atom. The lowest BCUT2D eigenvalue weighted by Gasteiger charge is -2.15. The van der Waals surface area contributed by atoms with Gasteiger partial charge in [0.15, 0.2) is 0 Å².